The number of benzene rings is 1. The number of rotatable bonds is 8. The summed E-state index contributed by atoms with van der Waals surface area (Å²) in [5, 5.41) is 3.01. The van der Waals surface area contributed by atoms with Gasteiger partial charge in [0.1, 0.15) is 5.82 Å². The number of hydrogen-bond donors (Lipinski definition) is 2. The predicted molar refractivity (Wildman–Crippen MR) is 74.0 cm³/mol. The lowest BCUT2D eigenvalue weighted by molar-refractivity contribution is 0.199. The van der Waals surface area contributed by atoms with E-state index in [0.29, 0.717) is 19.7 Å². The van der Waals surface area contributed by atoms with Crippen LogP contribution < -0.4 is 10.0 Å². The molecule has 2 N–H and O–H groups in total. The Labute approximate surface area is 120 Å². The standard InChI is InChI=1S/C11H16BrFN2O3S/c1-18-7-6-14-4-5-15-19(16,17)9-2-3-11(13)10(12)8-9/h2-3,8,14-15H,4-7H2,1H3. The summed E-state index contributed by atoms with van der Waals surface area (Å²) in [4.78, 5) is 0.0256. The molecular formula is C11H16BrFN2O3S. The molecule has 0 bridgehead atoms. The van der Waals surface area contributed by atoms with E-state index in [1.165, 1.54) is 12.1 Å². The van der Waals surface area contributed by atoms with Crippen LogP contribution >= 0.6 is 15.9 Å². The van der Waals surface area contributed by atoms with E-state index in [-0.39, 0.29) is 15.9 Å². The summed E-state index contributed by atoms with van der Waals surface area (Å²) in [5.41, 5.74) is 0. The first-order valence-electron chi connectivity index (χ1n) is 5.62. The lowest BCUT2D eigenvalue weighted by atomic mass is 10.3. The summed E-state index contributed by atoms with van der Waals surface area (Å²) in [6, 6.07) is 3.56. The fourth-order valence-corrected chi connectivity index (χ4v) is 2.89. The van der Waals surface area contributed by atoms with Gasteiger partial charge >= 0.3 is 0 Å². The first kappa shape index (κ1) is 16.5. The van der Waals surface area contributed by atoms with Crippen molar-refractivity contribution in [1.82, 2.24) is 10.0 Å². The predicted octanol–water partition coefficient (Wildman–Crippen LogP) is 1.10. The van der Waals surface area contributed by atoms with E-state index < -0.39 is 15.8 Å². The van der Waals surface area contributed by atoms with Gasteiger partial charge in [-0.3, -0.25) is 0 Å². The molecule has 0 aliphatic heterocycles. The fraction of sp³-hybridized carbons (Fsp3) is 0.455. The Balaban J connectivity index is 2.49. The molecule has 0 fully saturated rings. The normalized spacial score (nSPS) is 11.7. The van der Waals surface area contributed by atoms with Crippen LogP contribution in [0, 0.1) is 5.82 Å². The van der Waals surface area contributed by atoms with Gasteiger partial charge in [-0.25, -0.2) is 17.5 Å². The van der Waals surface area contributed by atoms with Gasteiger partial charge in [0.2, 0.25) is 10.0 Å². The molecule has 0 heterocycles. The minimum atomic E-state index is -3.61. The third-order valence-electron chi connectivity index (χ3n) is 2.28. The molecule has 5 nitrogen and oxygen atoms in total. The summed E-state index contributed by atoms with van der Waals surface area (Å²) in [5.74, 6) is -0.500. The largest absolute Gasteiger partial charge is 0.383 e. The zero-order chi connectivity index (χ0) is 14.3. The lowest BCUT2D eigenvalue weighted by Crippen LogP contribution is -2.33. The summed E-state index contributed by atoms with van der Waals surface area (Å²) in [6.45, 7) is 1.96. The Morgan fingerprint density at radius 1 is 1.32 bits per heavy atom. The monoisotopic (exact) mass is 354 g/mol. The molecule has 19 heavy (non-hydrogen) atoms. The second-order valence-electron chi connectivity index (χ2n) is 3.72. The van der Waals surface area contributed by atoms with Crippen LogP contribution in [0.4, 0.5) is 4.39 Å². The fourth-order valence-electron chi connectivity index (χ4n) is 1.30. The van der Waals surface area contributed by atoms with Crippen LogP contribution in [0.3, 0.4) is 0 Å². The second-order valence-corrected chi connectivity index (χ2v) is 6.34. The van der Waals surface area contributed by atoms with E-state index in [9.17, 15) is 12.8 Å². The highest BCUT2D eigenvalue weighted by Crippen LogP contribution is 2.19. The lowest BCUT2D eigenvalue weighted by Gasteiger charge is -2.08. The van der Waals surface area contributed by atoms with Crippen LogP contribution in [0.1, 0.15) is 0 Å². The Morgan fingerprint density at radius 3 is 2.68 bits per heavy atom. The number of ether oxygens (including phenoxy) is 1. The molecule has 1 aromatic rings. The van der Waals surface area contributed by atoms with Gasteiger partial charge in [-0.15, -0.1) is 0 Å². The van der Waals surface area contributed by atoms with Crippen LogP contribution in [-0.4, -0.2) is 41.8 Å². The smallest absolute Gasteiger partial charge is 0.240 e. The summed E-state index contributed by atoms with van der Waals surface area (Å²) in [7, 11) is -2.02. The maximum absolute atomic E-state index is 13.0. The maximum atomic E-state index is 13.0. The summed E-state index contributed by atoms with van der Waals surface area (Å²) in [6.07, 6.45) is 0. The van der Waals surface area contributed by atoms with E-state index in [2.05, 4.69) is 26.0 Å². The number of methoxy groups -OCH3 is 1. The van der Waals surface area contributed by atoms with Crippen molar-refractivity contribution in [3.05, 3.63) is 28.5 Å². The summed E-state index contributed by atoms with van der Waals surface area (Å²) >= 11 is 2.96. The highest BCUT2D eigenvalue weighted by Gasteiger charge is 2.14. The number of nitrogens with one attached hydrogen (secondary N) is 2. The van der Waals surface area contributed by atoms with E-state index in [1.54, 1.807) is 7.11 Å². The van der Waals surface area contributed by atoms with Crippen LogP contribution in [0.25, 0.3) is 0 Å². The van der Waals surface area contributed by atoms with Crippen molar-refractivity contribution in [2.24, 2.45) is 0 Å². The first-order chi connectivity index (χ1) is 8.97. The Hall–Kier alpha value is -0.540. The number of sulfonamides is 1. The molecular weight excluding hydrogens is 339 g/mol. The summed E-state index contributed by atoms with van der Waals surface area (Å²) < 4.78 is 44.2. The van der Waals surface area contributed by atoms with Crippen LogP contribution in [-0.2, 0) is 14.8 Å². The molecule has 0 unspecified atom stereocenters. The highest BCUT2D eigenvalue weighted by molar-refractivity contribution is 9.10. The number of hydrogen-bond acceptors (Lipinski definition) is 4. The van der Waals surface area contributed by atoms with Gasteiger partial charge in [0.05, 0.1) is 16.0 Å². The Morgan fingerprint density at radius 2 is 2.05 bits per heavy atom. The molecule has 1 aromatic carbocycles. The van der Waals surface area contributed by atoms with Crippen molar-refractivity contribution in [3.63, 3.8) is 0 Å². The molecule has 0 saturated heterocycles. The molecule has 0 saturated carbocycles. The van der Waals surface area contributed by atoms with Gasteiger partial charge in [0.15, 0.2) is 0 Å². The van der Waals surface area contributed by atoms with E-state index in [0.717, 1.165) is 6.07 Å². The third kappa shape index (κ3) is 5.53. The van der Waals surface area contributed by atoms with Gasteiger partial charge in [-0.2, -0.15) is 0 Å². The highest BCUT2D eigenvalue weighted by atomic mass is 79.9. The van der Waals surface area contributed by atoms with Crippen molar-refractivity contribution in [3.8, 4) is 0 Å². The van der Waals surface area contributed by atoms with Gasteiger partial charge in [-0.1, -0.05) is 0 Å². The Kier molecular flexibility index (Phi) is 6.87. The van der Waals surface area contributed by atoms with Gasteiger partial charge in [0.25, 0.3) is 0 Å². The Bertz CT molecular complexity index is 511. The maximum Gasteiger partial charge on any atom is 0.240 e. The molecule has 0 aliphatic rings. The zero-order valence-corrected chi connectivity index (χ0v) is 12.9. The van der Waals surface area contributed by atoms with Crippen LogP contribution in [0.15, 0.2) is 27.6 Å². The quantitative estimate of drug-likeness (QED) is 0.686. The average Bonchev–Trinajstić information content (AvgIpc) is 2.36. The van der Waals surface area contributed by atoms with Crippen molar-refractivity contribution in [2.45, 2.75) is 4.90 Å². The second kappa shape index (κ2) is 7.91. The van der Waals surface area contributed by atoms with Gasteiger partial charge in [0, 0.05) is 26.7 Å². The molecule has 8 heteroatoms. The van der Waals surface area contributed by atoms with Crippen LogP contribution in [0.2, 0.25) is 0 Å². The average molecular weight is 355 g/mol. The molecule has 108 valence electrons. The van der Waals surface area contributed by atoms with Crippen molar-refractivity contribution in [2.75, 3.05) is 33.4 Å². The van der Waals surface area contributed by atoms with Gasteiger partial charge < -0.3 is 10.1 Å². The van der Waals surface area contributed by atoms with Crippen LogP contribution in [0.5, 0.6) is 0 Å². The molecule has 0 amide bonds. The molecule has 0 atom stereocenters. The first-order valence-corrected chi connectivity index (χ1v) is 7.89. The molecule has 0 spiro atoms. The minimum Gasteiger partial charge on any atom is -0.383 e. The van der Waals surface area contributed by atoms with E-state index >= 15 is 0 Å². The van der Waals surface area contributed by atoms with Crippen molar-refractivity contribution >= 4 is 26.0 Å². The van der Waals surface area contributed by atoms with E-state index in [4.69, 9.17) is 4.74 Å². The topological polar surface area (TPSA) is 67.4 Å². The molecule has 0 aromatic heterocycles. The van der Waals surface area contributed by atoms with Crippen molar-refractivity contribution in [1.29, 1.82) is 0 Å². The SMILES string of the molecule is COCCNCCNS(=O)(=O)c1ccc(F)c(Br)c1. The minimum absolute atomic E-state index is 0.0256. The number of halogens is 2. The zero-order valence-electron chi connectivity index (χ0n) is 10.4. The molecule has 1 rings (SSSR count). The van der Waals surface area contributed by atoms with E-state index in [1.807, 2.05) is 0 Å². The molecule has 0 radical (unpaired) electrons. The third-order valence-corrected chi connectivity index (χ3v) is 4.34. The van der Waals surface area contributed by atoms with Gasteiger partial charge in [-0.05, 0) is 34.1 Å². The van der Waals surface area contributed by atoms with Crippen molar-refractivity contribution < 1.29 is 17.5 Å². The molecule has 0 aliphatic carbocycles.